The van der Waals surface area contributed by atoms with Gasteiger partial charge in [-0.05, 0) is 42.1 Å². The normalized spacial score (nSPS) is 11.7. The zero-order valence-corrected chi connectivity index (χ0v) is 12.9. The quantitative estimate of drug-likeness (QED) is 0.477. The molecule has 0 aliphatic rings. The molecular formula is C18H14N4O2. The van der Waals surface area contributed by atoms with E-state index in [2.05, 4.69) is 20.2 Å². The molecule has 0 spiro atoms. The van der Waals surface area contributed by atoms with E-state index in [0.29, 0.717) is 22.4 Å². The van der Waals surface area contributed by atoms with Crippen molar-refractivity contribution in [1.29, 1.82) is 0 Å². The molecule has 0 amide bonds. The molecule has 6 nitrogen and oxygen atoms in total. The first kappa shape index (κ1) is 14.2. The number of azo groups is 1. The maximum absolute atomic E-state index is 11.3. The van der Waals surface area contributed by atoms with Gasteiger partial charge < -0.3 is 15.1 Å². The largest absolute Gasteiger partial charge is 0.505 e. The van der Waals surface area contributed by atoms with Crippen molar-refractivity contribution in [3.05, 3.63) is 64.6 Å². The third-order valence-corrected chi connectivity index (χ3v) is 3.95. The van der Waals surface area contributed by atoms with E-state index in [0.717, 1.165) is 16.3 Å². The molecule has 118 valence electrons. The Bertz CT molecular complexity index is 1150. The molecule has 0 bridgehead atoms. The Labute approximate surface area is 136 Å². The van der Waals surface area contributed by atoms with E-state index in [1.165, 1.54) is 0 Å². The number of phenols is 1. The van der Waals surface area contributed by atoms with E-state index in [1.54, 1.807) is 18.2 Å². The third-order valence-electron chi connectivity index (χ3n) is 3.95. The number of aryl methyl sites for hydroxylation is 1. The van der Waals surface area contributed by atoms with Gasteiger partial charge in [-0.1, -0.05) is 24.3 Å². The van der Waals surface area contributed by atoms with Gasteiger partial charge in [0.2, 0.25) is 0 Å². The van der Waals surface area contributed by atoms with E-state index in [1.807, 2.05) is 37.3 Å². The Morgan fingerprint density at radius 3 is 2.62 bits per heavy atom. The number of aromatic amines is 2. The number of imidazole rings is 1. The molecule has 6 heteroatoms. The van der Waals surface area contributed by atoms with Crippen molar-refractivity contribution in [1.82, 2.24) is 9.97 Å². The number of benzene rings is 3. The average molecular weight is 318 g/mol. The predicted molar refractivity (Wildman–Crippen MR) is 93.4 cm³/mol. The topological polar surface area (TPSA) is 93.6 Å². The van der Waals surface area contributed by atoms with Crippen LogP contribution >= 0.6 is 0 Å². The van der Waals surface area contributed by atoms with Crippen molar-refractivity contribution in [3.8, 4) is 5.75 Å². The molecule has 0 fully saturated rings. The SMILES string of the molecule is Cc1cc2ccccc2c(N=Nc2ccc3[nH]c(=O)[nH]c3c2)c1O. The van der Waals surface area contributed by atoms with Gasteiger partial charge in [0.05, 0.1) is 16.7 Å². The van der Waals surface area contributed by atoms with Gasteiger partial charge in [-0.2, -0.15) is 5.11 Å². The Morgan fingerprint density at radius 2 is 1.75 bits per heavy atom. The van der Waals surface area contributed by atoms with Gasteiger partial charge in [0.15, 0.2) is 0 Å². The zero-order chi connectivity index (χ0) is 16.7. The number of hydrogen-bond acceptors (Lipinski definition) is 4. The van der Waals surface area contributed by atoms with Gasteiger partial charge in [0.1, 0.15) is 11.4 Å². The highest BCUT2D eigenvalue weighted by Gasteiger charge is 2.09. The number of aromatic hydroxyl groups is 1. The molecule has 0 saturated carbocycles. The standard InChI is InChI=1S/C18H14N4O2/c1-10-8-11-4-2-3-5-13(11)16(17(10)23)22-21-12-6-7-14-15(9-12)20-18(24)19-14/h2-9,23H,1H3,(H2,19,20,24). The second-order valence-corrected chi connectivity index (χ2v) is 5.62. The molecule has 3 aromatic carbocycles. The van der Waals surface area contributed by atoms with Crippen LogP contribution in [0.2, 0.25) is 0 Å². The lowest BCUT2D eigenvalue weighted by molar-refractivity contribution is 0.473. The number of fused-ring (bicyclic) bond motifs is 2. The van der Waals surface area contributed by atoms with Gasteiger partial charge in [-0.25, -0.2) is 4.79 Å². The summed E-state index contributed by atoms with van der Waals surface area (Å²) in [6.45, 7) is 1.83. The summed E-state index contributed by atoms with van der Waals surface area (Å²) < 4.78 is 0. The number of phenolic OH excluding ortho intramolecular Hbond substituents is 1. The van der Waals surface area contributed by atoms with Gasteiger partial charge >= 0.3 is 5.69 Å². The number of nitrogens with zero attached hydrogens (tertiary/aromatic N) is 2. The molecule has 0 saturated heterocycles. The van der Waals surface area contributed by atoms with Crippen LogP contribution in [0.5, 0.6) is 5.75 Å². The van der Waals surface area contributed by atoms with Gasteiger partial charge in [0, 0.05) is 5.39 Å². The van der Waals surface area contributed by atoms with E-state index in [4.69, 9.17) is 0 Å². The van der Waals surface area contributed by atoms with Crippen molar-refractivity contribution >= 4 is 33.2 Å². The summed E-state index contributed by atoms with van der Waals surface area (Å²) >= 11 is 0. The Balaban J connectivity index is 1.83. The Morgan fingerprint density at radius 1 is 0.958 bits per heavy atom. The molecule has 1 heterocycles. The number of aromatic nitrogens is 2. The Kier molecular flexibility index (Phi) is 3.16. The van der Waals surface area contributed by atoms with Crippen LogP contribution in [-0.4, -0.2) is 15.1 Å². The first-order valence-electron chi connectivity index (χ1n) is 7.47. The molecular weight excluding hydrogens is 304 g/mol. The van der Waals surface area contributed by atoms with Gasteiger partial charge in [0.25, 0.3) is 0 Å². The zero-order valence-electron chi connectivity index (χ0n) is 12.9. The fraction of sp³-hybridized carbons (Fsp3) is 0.0556. The van der Waals surface area contributed by atoms with Crippen LogP contribution in [-0.2, 0) is 0 Å². The van der Waals surface area contributed by atoms with E-state index >= 15 is 0 Å². The molecule has 24 heavy (non-hydrogen) atoms. The maximum Gasteiger partial charge on any atom is 0.323 e. The second kappa shape index (κ2) is 5.34. The minimum absolute atomic E-state index is 0.119. The van der Waals surface area contributed by atoms with Crippen LogP contribution < -0.4 is 5.69 Å². The Hall–Kier alpha value is -3.41. The lowest BCUT2D eigenvalue weighted by Crippen LogP contribution is -1.99. The average Bonchev–Trinajstić information content (AvgIpc) is 2.94. The monoisotopic (exact) mass is 318 g/mol. The third kappa shape index (κ3) is 2.34. The highest BCUT2D eigenvalue weighted by Crippen LogP contribution is 2.38. The fourth-order valence-corrected chi connectivity index (χ4v) is 2.75. The lowest BCUT2D eigenvalue weighted by atomic mass is 10.0. The molecule has 0 aliphatic heterocycles. The number of H-pyrrole nitrogens is 2. The molecule has 3 N–H and O–H groups in total. The van der Waals surface area contributed by atoms with Crippen molar-refractivity contribution in [3.63, 3.8) is 0 Å². The summed E-state index contributed by atoms with van der Waals surface area (Å²) in [7, 11) is 0. The van der Waals surface area contributed by atoms with Crippen LogP contribution in [0.4, 0.5) is 11.4 Å². The predicted octanol–water partition coefficient (Wildman–Crippen LogP) is 4.44. The molecule has 0 radical (unpaired) electrons. The van der Waals surface area contributed by atoms with Crippen molar-refractivity contribution in [2.24, 2.45) is 10.2 Å². The number of hydrogen-bond donors (Lipinski definition) is 3. The minimum Gasteiger partial charge on any atom is -0.505 e. The minimum atomic E-state index is -0.263. The summed E-state index contributed by atoms with van der Waals surface area (Å²) in [5, 5.41) is 20.6. The molecule has 1 aromatic heterocycles. The van der Waals surface area contributed by atoms with E-state index in [9.17, 15) is 9.90 Å². The summed E-state index contributed by atoms with van der Waals surface area (Å²) in [6.07, 6.45) is 0. The highest BCUT2D eigenvalue weighted by molar-refractivity contribution is 5.96. The number of nitrogens with one attached hydrogen (secondary N) is 2. The smallest absolute Gasteiger partial charge is 0.323 e. The molecule has 0 atom stereocenters. The first-order valence-corrected chi connectivity index (χ1v) is 7.47. The van der Waals surface area contributed by atoms with Crippen LogP contribution in [0.3, 0.4) is 0 Å². The van der Waals surface area contributed by atoms with E-state index in [-0.39, 0.29) is 11.4 Å². The summed E-state index contributed by atoms with van der Waals surface area (Å²) in [5.74, 6) is 0.119. The second-order valence-electron chi connectivity index (χ2n) is 5.62. The molecule has 0 aliphatic carbocycles. The van der Waals surface area contributed by atoms with Crippen LogP contribution in [0.1, 0.15) is 5.56 Å². The number of rotatable bonds is 2. The van der Waals surface area contributed by atoms with E-state index < -0.39 is 0 Å². The summed E-state index contributed by atoms with van der Waals surface area (Å²) in [6, 6.07) is 14.9. The van der Waals surface area contributed by atoms with Crippen molar-refractivity contribution in [2.75, 3.05) is 0 Å². The molecule has 4 rings (SSSR count). The molecule has 4 aromatic rings. The van der Waals surface area contributed by atoms with Crippen molar-refractivity contribution in [2.45, 2.75) is 6.92 Å². The summed E-state index contributed by atoms with van der Waals surface area (Å²) in [4.78, 5) is 16.7. The van der Waals surface area contributed by atoms with Gasteiger partial charge in [-0.3, -0.25) is 0 Å². The van der Waals surface area contributed by atoms with Crippen LogP contribution in [0.25, 0.3) is 21.8 Å². The van der Waals surface area contributed by atoms with Gasteiger partial charge in [-0.15, -0.1) is 5.11 Å². The highest BCUT2D eigenvalue weighted by atomic mass is 16.3. The summed E-state index contributed by atoms with van der Waals surface area (Å²) in [5.41, 5.74) is 2.88. The fourth-order valence-electron chi connectivity index (χ4n) is 2.75. The first-order chi connectivity index (χ1) is 11.6. The van der Waals surface area contributed by atoms with Crippen molar-refractivity contribution < 1.29 is 5.11 Å². The van der Waals surface area contributed by atoms with Crippen LogP contribution in [0.15, 0.2) is 63.6 Å². The molecule has 0 unspecified atom stereocenters. The maximum atomic E-state index is 11.3. The van der Waals surface area contributed by atoms with Crippen LogP contribution in [0, 0.1) is 6.92 Å². The lowest BCUT2D eigenvalue weighted by Gasteiger charge is -2.07.